The van der Waals surface area contributed by atoms with Gasteiger partial charge in [0, 0.05) is 17.1 Å². The summed E-state index contributed by atoms with van der Waals surface area (Å²) in [5.41, 5.74) is 7.98. The van der Waals surface area contributed by atoms with E-state index >= 15 is 0 Å². The minimum absolute atomic E-state index is 0.369. The molecule has 0 radical (unpaired) electrons. The van der Waals surface area contributed by atoms with Crippen LogP contribution in [0.25, 0.3) is 0 Å². The Balaban J connectivity index is 3.20. The molecule has 1 aromatic carbocycles. The zero-order chi connectivity index (χ0) is 12.8. The monoisotopic (exact) mass is 301 g/mol. The van der Waals surface area contributed by atoms with E-state index in [0.717, 1.165) is 22.2 Å². The highest BCUT2D eigenvalue weighted by Gasteiger charge is 2.16. The molecule has 0 aliphatic heterocycles. The Bertz CT molecular complexity index is 369. The first-order valence-corrected chi connectivity index (χ1v) is 6.48. The summed E-state index contributed by atoms with van der Waals surface area (Å²) in [6, 6.07) is 4.07. The second kappa shape index (κ2) is 6.99. The normalized spacial score (nSPS) is 12.5. The van der Waals surface area contributed by atoms with Crippen LogP contribution in [0.3, 0.4) is 0 Å². The molecule has 0 saturated carbocycles. The van der Waals surface area contributed by atoms with Crippen molar-refractivity contribution in [2.75, 3.05) is 20.8 Å². The zero-order valence-corrected chi connectivity index (χ0v) is 12.2. The Kier molecular flexibility index (Phi) is 5.95. The van der Waals surface area contributed by atoms with Crippen LogP contribution in [0.1, 0.15) is 30.4 Å². The van der Waals surface area contributed by atoms with Gasteiger partial charge in [0.25, 0.3) is 0 Å². The van der Waals surface area contributed by atoms with Crippen LogP contribution in [0.4, 0.5) is 0 Å². The first-order chi connectivity index (χ1) is 8.13. The summed E-state index contributed by atoms with van der Waals surface area (Å²) in [5.74, 6) is 1.26. The van der Waals surface area contributed by atoms with E-state index in [2.05, 4.69) is 28.9 Å². The molecular formula is C13H20BrNO2. The highest BCUT2D eigenvalue weighted by atomic mass is 79.9. The molecule has 0 aliphatic rings. The summed E-state index contributed by atoms with van der Waals surface area (Å²) in [7, 11) is 3.39. The summed E-state index contributed by atoms with van der Waals surface area (Å²) >= 11 is 3.49. The molecule has 0 bridgehead atoms. The number of methoxy groups -OCH3 is 2. The molecule has 2 N–H and O–H groups in total. The molecule has 1 unspecified atom stereocenters. The molecule has 0 saturated heterocycles. The highest BCUT2D eigenvalue weighted by Crippen LogP contribution is 2.35. The van der Waals surface area contributed by atoms with Gasteiger partial charge in [-0.15, -0.1) is 0 Å². The molecule has 0 aliphatic carbocycles. The largest absolute Gasteiger partial charge is 0.496 e. The lowest BCUT2D eigenvalue weighted by molar-refractivity contribution is 0.183. The van der Waals surface area contributed by atoms with Gasteiger partial charge in [0.05, 0.1) is 13.7 Å². The van der Waals surface area contributed by atoms with Crippen molar-refractivity contribution in [3.05, 3.63) is 27.7 Å². The van der Waals surface area contributed by atoms with Crippen molar-refractivity contribution < 1.29 is 9.47 Å². The Morgan fingerprint density at radius 3 is 2.59 bits per heavy atom. The van der Waals surface area contributed by atoms with E-state index in [0.29, 0.717) is 19.1 Å². The lowest BCUT2D eigenvalue weighted by Gasteiger charge is -2.19. The number of hydrogen-bond acceptors (Lipinski definition) is 3. The Labute approximate surface area is 111 Å². The van der Waals surface area contributed by atoms with Gasteiger partial charge >= 0.3 is 0 Å². The topological polar surface area (TPSA) is 44.5 Å². The standard InChI is InChI=1S/C13H20BrNO2/c1-9(4-5-15)13-10(8-16-2)6-11(14)7-12(13)17-3/h6-7,9H,4-5,8,15H2,1-3H3. The smallest absolute Gasteiger partial charge is 0.123 e. The number of ether oxygens (including phenoxy) is 2. The summed E-state index contributed by atoms with van der Waals surface area (Å²) in [6.45, 7) is 3.42. The fourth-order valence-corrected chi connectivity index (χ4v) is 2.53. The molecule has 0 fully saturated rings. The van der Waals surface area contributed by atoms with Crippen LogP contribution in [0.15, 0.2) is 16.6 Å². The third-order valence-corrected chi connectivity index (χ3v) is 3.26. The predicted molar refractivity (Wildman–Crippen MR) is 73.5 cm³/mol. The highest BCUT2D eigenvalue weighted by molar-refractivity contribution is 9.10. The first-order valence-electron chi connectivity index (χ1n) is 5.69. The molecule has 4 heteroatoms. The third kappa shape index (κ3) is 3.69. The number of rotatable bonds is 6. The molecule has 0 heterocycles. The van der Waals surface area contributed by atoms with E-state index in [1.54, 1.807) is 14.2 Å². The maximum absolute atomic E-state index is 5.63. The fourth-order valence-electron chi connectivity index (χ4n) is 2.04. The molecule has 1 atom stereocenters. The molecule has 17 heavy (non-hydrogen) atoms. The number of hydrogen-bond donors (Lipinski definition) is 1. The Morgan fingerprint density at radius 1 is 1.35 bits per heavy atom. The van der Waals surface area contributed by atoms with Crippen molar-refractivity contribution in [3.63, 3.8) is 0 Å². The van der Waals surface area contributed by atoms with Crippen LogP contribution in [0, 0.1) is 0 Å². The van der Waals surface area contributed by atoms with Gasteiger partial charge in [-0.25, -0.2) is 0 Å². The first kappa shape index (κ1) is 14.5. The molecular weight excluding hydrogens is 282 g/mol. The Hall–Kier alpha value is -0.580. The van der Waals surface area contributed by atoms with Gasteiger partial charge in [-0.2, -0.15) is 0 Å². The number of benzene rings is 1. The molecule has 96 valence electrons. The molecule has 1 aromatic rings. The number of halogens is 1. The Morgan fingerprint density at radius 2 is 2.06 bits per heavy atom. The zero-order valence-electron chi connectivity index (χ0n) is 10.6. The van der Waals surface area contributed by atoms with Crippen LogP contribution < -0.4 is 10.5 Å². The van der Waals surface area contributed by atoms with Crippen LogP contribution >= 0.6 is 15.9 Å². The van der Waals surface area contributed by atoms with Crippen molar-refractivity contribution >= 4 is 15.9 Å². The predicted octanol–water partition coefficient (Wildman–Crippen LogP) is 3.06. The van der Waals surface area contributed by atoms with Crippen molar-refractivity contribution in [1.82, 2.24) is 0 Å². The SMILES string of the molecule is COCc1cc(Br)cc(OC)c1C(C)CCN. The lowest BCUT2D eigenvalue weighted by atomic mass is 9.92. The molecule has 0 spiro atoms. The van der Waals surface area contributed by atoms with Gasteiger partial charge in [0.2, 0.25) is 0 Å². The van der Waals surface area contributed by atoms with Crippen LogP contribution in [0.5, 0.6) is 5.75 Å². The van der Waals surface area contributed by atoms with E-state index in [-0.39, 0.29) is 0 Å². The molecule has 0 amide bonds. The van der Waals surface area contributed by atoms with Crippen LogP contribution in [-0.2, 0) is 11.3 Å². The summed E-state index contributed by atoms with van der Waals surface area (Å²) in [5, 5.41) is 0. The fraction of sp³-hybridized carbons (Fsp3) is 0.538. The van der Waals surface area contributed by atoms with Crippen LogP contribution in [-0.4, -0.2) is 20.8 Å². The van der Waals surface area contributed by atoms with E-state index in [4.69, 9.17) is 15.2 Å². The van der Waals surface area contributed by atoms with Crippen LogP contribution in [0.2, 0.25) is 0 Å². The second-order valence-corrected chi connectivity index (χ2v) is 5.01. The van der Waals surface area contributed by atoms with Crippen molar-refractivity contribution in [2.24, 2.45) is 5.73 Å². The summed E-state index contributed by atoms with van der Waals surface area (Å²) in [4.78, 5) is 0. The van der Waals surface area contributed by atoms with Gasteiger partial charge in [0.15, 0.2) is 0 Å². The quantitative estimate of drug-likeness (QED) is 0.878. The average molecular weight is 302 g/mol. The van der Waals surface area contributed by atoms with E-state index in [1.807, 2.05) is 6.07 Å². The molecule has 0 aromatic heterocycles. The molecule has 3 nitrogen and oxygen atoms in total. The second-order valence-electron chi connectivity index (χ2n) is 4.09. The molecule has 1 rings (SSSR count). The van der Waals surface area contributed by atoms with E-state index in [1.165, 1.54) is 5.56 Å². The maximum Gasteiger partial charge on any atom is 0.123 e. The van der Waals surface area contributed by atoms with Crippen molar-refractivity contribution in [2.45, 2.75) is 25.9 Å². The third-order valence-electron chi connectivity index (χ3n) is 2.80. The minimum atomic E-state index is 0.369. The number of nitrogens with two attached hydrogens (primary N) is 1. The van der Waals surface area contributed by atoms with Gasteiger partial charge < -0.3 is 15.2 Å². The lowest BCUT2D eigenvalue weighted by Crippen LogP contribution is -2.09. The van der Waals surface area contributed by atoms with Gasteiger partial charge in [-0.1, -0.05) is 22.9 Å². The van der Waals surface area contributed by atoms with Crippen molar-refractivity contribution in [3.8, 4) is 5.75 Å². The van der Waals surface area contributed by atoms with Gasteiger partial charge in [-0.05, 0) is 36.6 Å². The summed E-state index contributed by atoms with van der Waals surface area (Å²) in [6.07, 6.45) is 0.939. The maximum atomic E-state index is 5.63. The van der Waals surface area contributed by atoms with Gasteiger partial charge in [0.1, 0.15) is 5.75 Å². The average Bonchev–Trinajstić information content (AvgIpc) is 2.28. The minimum Gasteiger partial charge on any atom is -0.496 e. The van der Waals surface area contributed by atoms with E-state index < -0.39 is 0 Å². The van der Waals surface area contributed by atoms with E-state index in [9.17, 15) is 0 Å². The van der Waals surface area contributed by atoms with Crippen molar-refractivity contribution in [1.29, 1.82) is 0 Å². The van der Waals surface area contributed by atoms with Gasteiger partial charge in [-0.3, -0.25) is 0 Å². The summed E-state index contributed by atoms with van der Waals surface area (Å²) < 4.78 is 11.7.